The van der Waals surface area contributed by atoms with Gasteiger partial charge in [0.05, 0.1) is 13.2 Å². The molecule has 0 saturated carbocycles. The second-order valence-electron chi connectivity index (χ2n) is 20.5. The SMILES string of the molecule is CC/C=C\C/C=C\C/C=C\C/C=C\C/C=C\C/C=C\CCCCC(=O)OC(COC(=O)CCCCCCCCCCCCCCCCCCCCCCC/C=C\CCCCCCCCCC)COP(=O)(O)OCCN. The van der Waals surface area contributed by atoms with E-state index >= 15 is 0 Å². The van der Waals surface area contributed by atoms with E-state index in [0.717, 1.165) is 70.6 Å². The zero-order valence-electron chi connectivity index (χ0n) is 48.5. The molecule has 0 saturated heterocycles. The van der Waals surface area contributed by atoms with E-state index in [4.69, 9.17) is 24.3 Å². The van der Waals surface area contributed by atoms with Crippen molar-refractivity contribution in [2.45, 2.75) is 290 Å². The summed E-state index contributed by atoms with van der Waals surface area (Å²) in [5.74, 6) is -0.874. The summed E-state index contributed by atoms with van der Waals surface area (Å²) >= 11 is 0. The highest BCUT2D eigenvalue weighted by molar-refractivity contribution is 7.47. The summed E-state index contributed by atoms with van der Waals surface area (Å²) in [6, 6.07) is 0. The summed E-state index contributed by atoms with van der Waals surface area (Å²) in [5.41, 5.74) is 5.38. The molecule has 0 aliphatic heterocycles. The van der Waals surface area contributed by atoms with Crippen molar-refractivity contribution >= 4 is 19.8 Å². The molecule has 10 heteroatoms. The highest BCUT2D eigenvalue weighted by Gasteiger charge is 2.26. The van der Waals surface area contributed by atoms with Crippen molar-refractivity contribution in [1.29, 1.82) is 0 Å². The van der Waals surface area contributed by atoms with Gasteiger partial charge >= 0.3 is 19.8 Å². The Balaban J connectivity index is 3.92. The molecule has 0 rings (SSSR count). The number of hydrogen-bond donors (Lipinski definition) is 2. The minimum absolute atomic E-state index is 0.0431. The van der Waals surface area contributed by atoms with Crippen LogP contribution in [-0.2, 0) is 32.7 Å². The fourth-order valence-corrected chi connectivity index (χ4v) is 9.46. The molecule has 2 unspecified atom stereocenters. The average molecular weight is 1070 g/mol. The van der Waals surface area contributed by atoms with E-state index in [2.05, 4.69) is 98.9 Å². The predicted molar refractivity (Wildman–Crippen MR) is 321 cm³/mol. The molecule has 3 N–H and O–H groups in total. The zero-order valence-corrected chi connectivity index (χ0v) is 49.4. The van der Waals surface area contributed by atoms with Gasteiger partial charge in [-0.2, -0.15) is 0 Å². The van der Waals surface area contributed by atoms with Crippen LogP contribution in [0.2, 0.25) is 0 Å². The van der Waals surface area contributed by atoms with Crippen molar-refractivity contribution in [1.82, 2.24) is 0 Å². The fraction of sp³-hybridized carbons (Fsp3) is 0.754. The Morgan fingerprint density at radius 2 is 0.733 bits per heavy atom. The summed E-state index contributed by atoms with van der Waals surface area (Å²) in [4.78, 5) is 35.2. The van der Waals surface area contributed by atoms with Crippen LogP contribution in [0.1, 0.15) is 284 Å². The minimum atomic E-state index is -4.40. The van der Waals surface area contributed by atoms with Crippen molar-refractivity contribution in [2.24, 2.45) is 5.73 Å². The molecule has 9 nitrogen and oxygen atoms in total. The van der Waals surface area contributed by atoms with E-state index in [9.17, 15) is 19.0 Å². The zero-order chi connectivity index (χ0) is 54.5. The Morgan fingerprint density at radius 1 is 0.413 bits per heavy atom. The molecule has 0 amide bonds. The maximum atomic E-state index is 12.7. The molecule has 75 heavy (non-hydrogen) atoms. The molecular weight excluding hydrogens is 954 g/mol. The lowest BCUT2D eigenvalue weighted by atomic mass is 10.0. The number of phosphoric ester groups is 1. The molecule has 434 valence electrons. The third-order valence-corrected chi connectivity index (χ3v) is 14.2. The molecule has 0 aromatic rings. The van der Waals surface area contributed by atoms with Gasteiger partial charge in [0, 0.05) is 19.4 Å². The van der Waals surface area contributed by atoms with E-state index < -0.39 is 32.5 Å². The summed E-state index contributed by atoms with van der Waals surface area (Å²) < 4.78 is 33.0. The minimum Gasteiger partial charge on any atom is -0.462 e. The van der Waals surface area contributed by atoms with Crippen LogP contribution in [0, 0.1) is 0 Å². The van der Waals surface area contributed by atoms with Crippen LogP contribution < -0.4 is 5.73 Å². The van der Waals surface area contributed by atoms with Gasteiger partial charge in [0.2, 0.25) is 0 Å². The van der Waals surface area contributed by atoms with Gasteiger partial charge in [-0.1, -0.05) is 266 Å². The number of ether oxygens (including phenoxy) is 2. The van der Waals surface area contributed by atoms with Crippen LogP contribution in [0.5, 0.6) is 0 Å². The average Bonchev–Trinajstić information content (AvgIpc) is 3.40. The first-order chi connectivity index (χ1) is 36.8. The second kappa shape index (κ2) is 60.4. The lowest BCUT2D eigenvalue weighted by Crippen LogP contribution is -2.29. The van der Waals surface area contributed by atoms with Crippen molar-refractivity contribution in [3.8, 4) is 0 Å². The number of carbonyl (C=O) groups excluding carboxylic acids is 2. The van der Waals surface area contributed by atoms with Crippen LogP contribution in [-0.4, -0.2) is 49.3 Å². The van der Waals surface area contributed by atoms with Gasteiger partial charge in [-0.15, -0.1) is 0 Å². The maximum absolute atomic E-state index is 12.7. The number of hydrogen-bond acceptors (Lipinski definition) is 8. The topological polar surface area (TPSA) is 134 Å². The third kappa shape index (κ3) is 60.3. The lowest BCUT2D eigenvalue weighted by molar-refractivity contribution is -0.161. The number of carbonyl (C=O) groups is 2. The standard InChI is InChI=1S/C65H116NO8P/c1-3-5-7-9-11-13-15-17-19-21-23-25-26-27-28-29-30-31-32-33-34-35-36-38-39-41-43-45-47-49-51-53-55-57-64(67)71-61-63(62-73-75(69,70)72-60-59-66)74-65(68)58-56-54-52-50-48-46-44-42-40-37-24-22-20-18-16-14-12-10-8-6-4-2/h6,8,12,14,18,20-21,23-24,37,42,44,48,50,63H,3-5,7,9-11,13,15-17,19,22,25-36,38-41,43,45-47,49,51-62,66H2,1-2H3,(H,69,70)/b8-6-,14-12-,20-18-,23-21-,37-24-,44-42-,50-48-. The van der Waals surface area contributed by atoms with E-state index in [1.54, 1.807) is 0 Å². The van der Waals surface area contributed by atoms with Gasteiger partial charge in [-0.3, -0.25) is 18.6 Å². The molecule has 0 fully saturated rings. The monoisotopic (exact) mass is 1070 g/mol. The molecule has 0 aromatic carbocycles. The van der Waals surface area contributed by atoms with Crippen molar-refractivity contribution in [2.75, 3.05) is 26.4 Å². The number of phosphoric acid groups is 1. The summed E-state index contributed by atoms with van der Waals surface area (Å²) in [5, 5.41) is 0. The quantitative estimate of drug-likeness (QED) is 0.0264. The number of allylic oxidation sites excluding steroid dienone is 14. The van der Waals surface area contributed by atoms with Gasteiger partial charge in [0.25, 0.3) is 0 Å². The highest BCUT2D eigenvalue weighted by atomic mass is 31.2. The van der Waals surface area contributed by atoms with E-state index in [0.29, 0.717) is 6.42 Å². The largest absolute Gasteiger partial charge is 0.472 e. The first-order valence-corrected chi connectivity index (χ1v) is 32.6. The fourth-order valence-electron chi connectivity index (χ4n) is 8.69. The first-order valence-electron chi connectivity index (χ1n) is 31.1. The molecule has 0 aromatic heterocycles. The van der Waals surface area contributed by atoms with Gasteiger partial charge in [0.1, 0.15) is 6.61 Å². The Kier molecular flexibility index (Phi) is 58.2. The molecule has 0 aliphatic carbocycles. The summed E-state index contributed by atoms with van der Waals surface area (Å²) in [6.45, 7) is 3.60. The van der Waals surface area contributed by atoms with Crippen LogP contribution in [0.3, 0.4) is 0 Å². The molecule has 0 aliphatic rings. The van der Waals surface area contributed by atoms with Gasteiger partial charge in [-0.05, 0) is 89.9 Å². The van der Waals surface area contributed by atoms with Crippen LogP contribution in [0.4, 0.5) is 0 Å². The lowest BCUT2D eigenvalue weighted by Gasteiger charge is -2.19. The van der Waals surface area contributed by atoms with Crippen LogP contribution >= 0.6 is 7.82 Å². The van der Waals surface area contributed by atoms with Gasteiger partial charge < -0.3 is 20.1 Å². The van der Waals surface area contributed by atoms with Crippen molar-refractivity contribution in [3.05, 3.63) is 85.1 Å². The normalized spacial score (nSPS) is 13.6. The molecule has 0 spiro atoms. The van der Waals surface area contributed by atoms with E-state index in [-0.39, 0.29) is 32.6 Å². The highest BCUT2D eigenvalue weighted by Crippen LogP contribution is 2.43. The van der Waals surface area contributed by atoms with Crippen LogP contribution in [0.15, 0.2) is 85.1 Å². The van der Waals surface area contributed by atoms with Crippen molar-refractivity contribution in [3.63, 3.8) is 0 Å². The molecule has 2 atom stereocenters. The first kappa shape index (κ1) is 72.2. The predicted octanol–water partition coefficient (Wildman–Crippen LogP) is 19.9. The summed E-state index contributed by atoms with van der Waals surface area (Å²) in [6.07, 6.45) is 79.6. The molecule has 0 heterocycles. The number of nitrogens with two attached hydrogens (primary N) is 1. The van der Waals surface area contributed by atoms with E-state index in [1.807, 2.05) is 0 Å². The maximum Gasteiger partial charge on any atom is 0.472 e. The van der Waals surface area contributed by atoms with Crippen LogP contribution in [0.25, 0.3) is 0 Å². The van der Waals surface area contributed by atoms with Gasteiger partial charge in [0.15, 0.2) is 6.10 Å². The second-order valence-corrected chi connectivity index (χ2v) is 22.0. The summed E-state index contributed by atoms with van der Waals surface area (Å²) in [7, 11) is -4.40. The van der Waals surface area contributed by atoms with Gasteiger partial charge in [-0.25, -0.2) is 4.57 Å². The smallest absolute Gasteiger partial charge is 0.462 e. The molecular formula is C65H116NO8P. The molecule has 0 radical (unpaired) electrons. The Bertz CT molecular complexity index is 1500. The number of unbranched alkanes of at least 4 members (excludes halogenated alkanes) is 31. The Labute approximate surface area is 462 Å². The number of esters is 2. The van der Waals surface area contributed by atoms with Crippen molar-refractivity contribution < 1.29 is 37.6 Å². The number of rotatable bonds is 58. The Hall–Kier alpha value is -2.81. The third-order valence-electron chi connectivity index (χ3n) is 13.3. The Morgan fingerprint density at radius 3 is 1.13 bits per heavy atom. The van der Waals surface area contributed by atoms with E-state index in [1.165, 1.54) is 180 Å². The molecule has 0 bridgehead atoms.